The molecule has 758 valence electrons. The van der Waals surface area contributed by atoms with Crippen LogP contribution in [0.4, 0.5) is 64.3 Å². The maximum atomic E-state index is 14.4. The second-order valence-electron chi connectivity index (χ2n) is 36.3. The molecule has 0 saturated carbocycles. The summed E-state index contributed by atoms with van der Waals surface area (Å²) in [4.78, 5) is 203. The number of aliphatic imine (C=N–C) groups is 1. The molecule has 5 aliphatic rings. The molecule has 5 aliphatic heterocycles. The van der Waals surface area contributed by atoms with Crippen LogP contribution in [0.25, 0.3) is 0 Å². The number of carbonyl (C=O) groups is 13. The van der Waals surface area contributed by atoms with Crippen molar-refractivity contribution < 1.29 is 66.7 Å². The molecule has 0 bridgehead atoms. The maximum Gasteiger partial charge on any atom is 0.325 e. The number of nitrogens with zero attached hydrogens (tertiary/aromatic N) is 20. The summed E-state index contributed by atoms with van der Waals surface area (Å²) in [5.41, 5.74) is 32.5. The van der Waals surface area contributed by atoms with Gasteiger partial charge in [-0.3, -0.25) is 96.4 Å². The van der Waals surface area contributed by atoms with Gasteiger partial charge in [-0.2, -0.15) is 20.3 Å². The molecule has 7 aromatic heterocycles. The number of anilines is 7. The Labute approximate surface area is 837 Å². The van der Waals surface area contributed by atoms with E-state index in [2.05, 4.69) is 61.5 Å². The predicted molar refractivity (Wildman–Crippen MR) is 540 cm³/mol. The number of likely N-dealkylation sites (tertiary alicyclic amines) is 4. The highest BCUT2D eigenvalue weighted by atomic mass is 19.1. The fourth-order valence-corrected chi connectivity index (χ4v) is 18.4. The van der Waals surface area contributed by atoms with Crippen molar-refractivity contribution in [1.82, 2.24) is 99.9 Å². The van der Waals surface area contributed by atoms with Gasteiger partial charge in [-0.05, 0) is 177 Å². The van der Waals surface area contributed by atoms with Gasteiger partial charge in [0, 0.05) is 124 Å². The van der Waals surface area contributed by atoms with Crippen LogP contribution in [0.15, 0.2) is 212 Å². The number of aryl methyl sites for hydroxylation is 6. The zero-order valence-corrected chi connectivity index (χ0v) is 83.4. The van der Waals surface area contributed by atoms with Crippen molar-refractivity contribution in [3.05, 3.63) is 274 Å². The van der Waals surface area contributed by atoms with Gasteiger partial charge in [-0.15, -0.1) is 0 Å². The number of likely N-dealkylation sites (N-methyl/N-ethyl adjacent to an activating group) is 5. The standard InChI is InChI=1S/C27H33N7O3.C26H31N7O3.C25H28FN7O3.C25H29N7O4/c1-6-21(19-13-16(2)7-8-17(19)3)30-27(37)34-24(26(36)33(5)23-10-12-32(4)31-23)20(25(34)35)14-18-9-11-29-22(28)15-18;1-5-20(18-9-7-6-8-16(18)2)29-26(36)33-23(25(35)32(4)22-11-13-31(3)30-22)19(24(33)34)14-17-10-12-28-21(27)15-17;1-4-19(16-7-5-6-8-18(16)26)29-25(36)33-22(24(35)32(3)21-10-12-31(2)30-21)17(23(33)34)13-15-9-11-28-20(27)14-15;1-4-18(16-8-6-5-7-9-16)28-25(36)32-21(23(35)31(3)24-29-20(33)14-30(24)2)17(22(32)34)12-15-10-11-27-19(26)13-15/h7-13,15,20-21,24H,6,14H2,1-5H3,(H2,28,29)(H,30,37);6-13,15,19-20,23H,5,14H2,1-4H3,(H2,27,28)(H,29,36);5-12,14,17,19,22H,4,13H2,1-3H3,(H2,27,28)(H,29,36);5-11,13,17-18,21H,4,12,14H2,1-3H3,(H2,26,27)(H,28,36)/t20-,21-,24+;19-,20-,23+;17-,19-,22+;17-,18-,21+/m1111/s1. The van der Waals surface area contributed by atoms with Crippen LogP contribution in [-0.4, -0.2) is 228 Å². The molecule has 0 unspecified atom stereocenters. The number of imide groups is 4. The third kappa shape index (κ3) is 23.8. The van der Waals surface area contributed by atoms with Crippen LogP contribution in [0.2, 0.25) is 0 Å². The summed E-state index contributed by atoms with van der Waals surface area (Å²) in [6.07, 6.45) is 14.5. The minimum Gasteiger partial charge on any atom is -0.384 e. The highest BCUT2D eigenvalue weighted by Crippen LogP contribution is 2.40. The van der Waals surface area contributed by atoms with Crippen LogP contribution in [-0.2, 0) is 90.0 Å². The molecule has 16 rings (SSSR count). The minimum absolute atomic E-state index is 0.0513. The van der Waals surface area contributed by atoms with Gasteiger partial charge < -0.3 is 49.1 Å². The molecule has 12 atom stereocenters. The number of nitrogens with one attached hydrogen (secondary N) is 4. The Balaban J connectivity index is 0.000000162. The van der Waals surface area contributed by atoms with E-state index in [0.717, 1.165) is 75.2 Å². The second-order valence-corrected chi connectivity index (χ2v) is 36.3. The lowest BCUT2D eigenvalue weighted by molar-refractivity contribution is -0.160. The number of rotatable bonds is 27. The molecule has 0 spiro atoms. The smallest absolute Gasteiger partial charge is 0.325 e. The van der Waals surface area contributed by atoms with Crippen molar-refractivity contribution in [1.29, 1.82) is 0 Å². The molecule has 11 aromatic rings. The van der Waals surface area contributed by atoms with E-state index in [1.54, 1.807) is 191 Å². The average molecular weight is 1980 g/mol. The van der Waals surface area contributed by atoms with Crippen LogP contribution < -0.4 is 58.9 Å². The van der Waals surface area contributed by atoms with Crippen LogP contribution in [0.5, 0.6) is 0 Å². The Morgan fingerprint density at radius 2 is 0.690 bits per heavy atom. The fourth-order valence-electron chi connectivity index (χ4n) is 18.4. The number of benzene rings is 4. The van der Waals surface area contributed by atoms with E-state index >= 15 is 0 Å². The topological polar surface area (TPSA) is 521 Å². The lowest BCUT2D eigenvalue weighted by atomic mass is 9.81. The predicted octanol–water partition coefficient (Wildman–Crippen LogP) is 9.12. The van der Waals surface area contributed by atoms with Crippen molar-refractivity contribution in [2.24, 2.45) is 49.8 Å². The van der Waals surface area contributed by atoms with Gasteiger partial charge in [0.15, 0.2) is 17.5 Å². The zero-order chi connectivity index (χ0) is 105. The fraction of sp³-hybridized carbons (Fsp3) is 0.350. The van der Waals surface area contributed by atoms with Crippen molar-refractivity contribution in [3.8, 4) is 0 Å². The van der Waals surface area contributed by atoms with E-state index in [1.165, 1.54) is 45.1 Å². The highest BCUT2D eigenvalue weighted by Gasteiger charge is 2.60. The van der Waals surface area contributed by atoms with Gasteiger partial charge in [0.1, 0.15) is 59.8 Å². The van der Waals surface area contributed by atoms with Crippen LogP contribution in [0.1, 0.15) is 139 Å². The van der Waals surface area contributed by atoms with Gasteiger partial charge in [-0.1, -0.05) is 124 Å². The number of nitrogen functional groups attached to an aromatic ring is 4. The summed E-state index contributed by atoms with van der Waals surface area (Å²) in [5, 5.41) is 24.4. The number of pyridine rings is 4. The third-order valence-electron chi connectivity index (χ3n) is 26.3. The van der Waals surface area contributed by atoms with E-state index in [0.29, 0.717) is 66.2 Å². The Hall–Kier alpha value is -17.0. The molecule has 42 heteroatoms. The first kappa shape index (κ1) is 105. The number of carbonyl (C=O) groups excluding carboxylic acids is 13. The number of amides is 17. The van der Waals surface area contributed by atoms with Gasteiger partial charge in [0.25, 0.3) is 29.5 Å². The largest absolute Gasteiger partial charge is 0.384 e. The number of aromatic nitrogens is 10. The number of halogens is 1. The van der Waals surface area contributed by atoms with Crippen molar-refractivity contribution in [2.45, 2.75) is 148 Å². The monoisotopic (exact) mass is 1980 g/mol. The molecule has 4 aromatic carbocycles. The molecule has 12 heterocycles. The molecule has 0 aliphatic carbocycles. The molecule has 17 amide bonds. The summed E-state index contributed by atoms with van der Waals surface area (Å²) in [6.45, 7) is 13.7. The first-order valence-corrected chi connectivity index (χ1v) is 47.4. The van der Waals surface area contributed by atoms with E-state index in [4.69, 9.17) is 22.9 Å². The van der Waals surface area contributed by atoms with Gasteiger partial charge in [0.2, 0.25) is 29.6 Å². The average Bonchev–Trinajstić information content (AvgIpc) is 1.73. The molecule has 12 N–H and O–H groups in total. The Morgan fingerprint density at radius 1 is 0.379 bits per heavy atom. The van der Waals surface area contributed by atoms with Crippen LogP contribution >= 0.6 is 0 Å². The second kappa shape index (κ2) is 46.2. The van der Waals surface area contributed by atoms with E-state index in [1.807, 2.05) is 114 Å². The van der Waals surface area contributed by atoms with E-state index in [9.17, 15) is 66.7 Å². The molecule has 41 nitrogen and oxygen atoms in total. The highest BCUT2D eigenvalue weighted by molar-refractivity contribution is 6.16. The Kier molecular flexibility index (Phi) is 33.5. The Morgan fingerprint density at radius 3 is 1.01 bits per heavy atom. The lowest BCUT2D eigenvalue weighted by Crippen LogP contribution is -2.71. The summed E-state index contributed by atoms with van der Waals surface area (Å²) >= 11 is 0. The van der Waals surface area contributed by atoms with Gasteiger partial charge >= 0.3 is 24.1 Å². The minimum atomic E-state index is -1.07. The first-order valence-electron chi connectivity index (χ1n) is 47.4. The van der Waals surface area contributed by atoms with Crippen molar-refractivity contribution in [3.63, 3.8) is 0 Å². The molecular weight excluding hydrogens is 1860 g/mol. The lowest BCUT2D eigenvalue weighted by Gasteiger charge is -2.46. The van der Waals surface area contributed by atoms with Crippen molar-refractivity contribution in [2.75, 3.05) is 79.4 Å². The first-order chi connectivity index (χ1) is 69.2. The molecule has 145 heavy (non-hydrogen) atoms. The number of β-lactam (4-membered cyclic amide) rings is 4. The number of nitrogens with two attached hydrogens (primary N) is 4. The maximum absolute atomic E-state index is 14.4. The van der Waals surface area contributed by atoms with Gasteiger partial charge in [0.05, 0.1) is 47.8 Å². The van der Waals surface area contributed by atoms with Crippen LogP contribution in [0.3, 0.4) is 0 Å². The molecule has 0 radical (unpaired) electrons. The number of urea groups is 4. The normalized spacial score (nSPS) is 18.4. The SMILES string of the molecule is CC[C@@H](NC(=O)N1C(=O)[C@H](Cc2ccnc(N)c2)[C@H]1C(=O)N(C)C1=NC(=O)CN1C)c1ccccc1.CC[C@@H](NC(=O)N1C(=O)[C@H](Cc2ccnc(N)c2)[C@H]1C(=O)N(C)c1ccn(C)n1)c1cc(C)ccc1C.CC[C@@H](NC(=O)N1C(=O)[C@H](Cc2ccnc(N)c2)[C@H]1C(=O)N(C)c1ccn(C)n1)c1ccccc1C.CC[C@@H](NC(=O)N1C(=O)[C@H](Cc2ccnc(N)c2)[C@H]1C(=O)N(C)c1ccn(C)n1)c1ccccc1F. The summed E-state index contributed by atoms with van der Waals surface area (Å²) < 4.78 is 19.1. The third-order valence-corrected chi connectivity index (χ3v) is 26.3. The van der Waals surface area contributed by atoms with E-state index < -0.39 is 119 Å². The van der Waals surface area contributed by atoms with E-state index in [-0.39, 0.29) is 79.9 Å². The summed E-state index contributed by atoms with van der Waals surface area (Å²) in [6, 6.07) is 39.7. The Bertz CT molecular complexity index is 6510. The van der Waals surface area contributed by atoms with Gasteiger partial charge in [-0.25, -0.2) is 43.5 Å². The zero-order valence-electron chi connectivity index (χ0n) is 83.4. The molecular formula is C103H121FN28O13. The molecule has 4 fully saturated rings. The number of hydrogen-bond donors (Lipinski definition) is 8. The summed E-state index contributed by atoms with van der Waals surface area (Å²) in [7, 11) is 13.1. The number of guanidine groups is 1. The quantitative estimate of drug-likeness (QED) is 0.0222. The summed E-state index contributed by atoms with van der Waals surface area (Å²) in [5.74, 6) is -4.71. The molecule has 4 saturated heterocycles. The van der Waals surface area contributed by atoms with Crippen LogP contribution in [0, 0.1) is 50.3 Å². The van der Waals surface area contributed by atoms with Crippen molar-refractivity contribution >= 4 is 124 Å². The number of hydrogen-bond acceptors (Lipinski definition) is 25.